The van der Waals surface area contributed by atoms with E-state index < -0.39 is 0 Å². The van der Waals surface area contributed by atoms with E-state index in [0.29, 0.717) is 6.04 Å². The molecule has 82 valence electrons. The molecule has 0 aromatic carbocycles. The molecule has 0 aliphatic heterocycles. The predicted octanol–water partition coefficient (Wildman–Crippen LogP) is -0.234. The highest BCUT2D eigenvalue weighted by Gasteiger charge is 1.69. The Morgan fingerprint density at radius 2 is 1.08 bits per heavy atom. The quantitative estimate of drug-likeness (QED) is 0.495. The Bertz CT molecular complexity index is 76.6. The molecular formula is C8H21NO4. The van der Waals surface area contributed by atoms with E-state index in [1.165, 1.54) is 0 Å². The minimum Gasteiger partial charge on any atom is -0.400 e. The van der Waals surface area contributed by atoms with Crippen LogP contribution in [0.15, 0.2) is 0 Å². The molecule has 0 aliphatic carbocycles. The van der Waals surface area contributed by atoms with Crippen LogP contribution in [-0.4, -0.2) is 35.6 Å². The Morgan fingerprint density at radius 3 is 1.08 bits per heavy atom. The highest BCUT2D eigenvalue weighted by atomic mass is 16.3. The van der Waals surface area contributed by atoms with Crippen LogP contribution in [0.1, 0.15) is 27.7 Å². The Hall–Kier alpha value is -0.740. The third-order valence-corrected chi connectivity index (χ3v) is 0. The Kier molecular flexibility index (Phi) is 53.0. The van der Waals surface area contributed by atoms with E-state index in [4.69, 9.17) is 25.5 Å². The maximum absolute atomic E-state index is 8.12. The molecular weight excluding hydrogens is 174 g/mol. The lowest BCUT2D eigenvalue weighted by atomic mass is 10.5. The summed E-state index contributed by atoms with van der Waals surface area (Å²) in [5.41, 5.74) is 5.11. The van der Waals surface area contributed by atoms with Crippen LogP contribution in [0.2, 0.25) is 0 Å². The Balaban J connectivity index is -0.0000000431. The van der Waals surface area contributed by atoms with Crippen LogP contribution in [0.5, 0.6) is 0 Å². The van der Waals surface area contributed by atoms with Crippen molar-refractivity contribution >= 4 is 6.15 Å². The number of hydrogen-bond donors (Lipinski definition) is 3. The van der Waals surface area contributed by atoms with E-state index >= 15 is 0 Å². The summed E-state index contributed by atoms with van der Waals surface area (Å²) < 4.78 is 0. The van der Waals surface area contributed by atoms with Crippen LogP contribution in [0, 0.1) is 0 Å². The summed E-state index contributed by atoms with van der Waals surface area (Å²) in [4.78, 5) is 16.2. The first-order valence-corrected chi connectivity index (χ1v) is 3.76. The summed E-state index contributed by atoms with van der Waals surface area (Å²) in [6.07, 6.45) is 0.0833. The van der Waals surface area contributed by atoms with Gasteiger partial charge >= 0.3 is 6.15 Å². The van der Waals surface area contributed by atoms with Gasteiger partial charge in [-0.05, 0) is 19.9 Å². The van der Waals surface area contributed by atoms with Crippen molar-refractivity contribution in [3.05, 3.63) is 0 Å². The first kappa shape index (κ1) is 22.8. The van der Waals surface area contributed by atoms with E-state index in [0.717, 1.165) is 7.11 Å². The number of aliphatic hydroxyl groups excluding tert-OH is 2. The maximum Gasteiger partial charge on any atom is 0.373 e. The van der Waals surface area contributed by atoms with Gasteiger partial charge in [0.05, 0.1) is 0 Å². The summed E-state index contributed by atoms with van der Waals surface area (Å²) in [5.74, 6) is 0. The molecule has 0 saturated carbocycles. The van der Waals surface area contributed by atoms with Crippen molar-refractivity contribution in [1.29, 1.82) is 0 Å². The standard InChI is InChI=1S/C3H9N.C3H8O.CO2.CH4O/c2*1-3(2)4;2-1-3;1-2/h3H,4H2,1-2H3;3-4H,1-2H3;;2H,1H3. The lowest BCUT2D eigenvalue weighted by Gasteiger charge is -1.81. The third kappa shape index (κ3) is 1760. The summed E-state index contributed by atoms with van der Waals surface area (Å²) >= 11 is 0. The molecule has 5 heteroatoms. The zero-order chi connectivity index (χ0) is 11.9. The first-order chi connectivity index (χ1) is 5.88. The molecule has 0 spiro atoms. The van der Waals surface area contributed by atoms with Gasteiger partial charge in [-0.3, -0.25) is 0 Å². The maximum atomic E-state index is 8.12. The molecule has 0 heterocycles. The Labute approximate surface area is 79.6 Å². The number of carbonyl (C=O) groups excluding carboxylic acids is 2. The van der Waals surface area contributed by atoms with Crippen molar-refractivity contribution in [2.24, 2.45) is 5.73 Å². The molecule has 0 aromatic heterocycles. The van der Waals surface area contributed by atoms with Gasteiger partial charge in [0, 0.05) is 13.2 Å². The lowest BCUT2D eigenvalue weighted by molar-refractivity contribution is -0.191. The topological polar surface area (TPSA) is 101 Å². The zero-order valence-corrected chi connectivity index (χ0v) is 8.94. The normalized spacial score (nSPS) is 6.62. The Morgan fingerprint density at radius 1 is 1.08 bits per heavy atom. The third-order valence-electron chi connectivity index (χ3n) is 0. The van der Waals surface area contributed by atoms with Crippen molar-refractivity contribution in [3.8, 4) is 0 Å². The van der Waals surface area contributed by atoms with Gasteiger partial charge in [-0.15, -0.1) is 0 Å². The second-order valence-electron chi connectivity index (χ2n) is 2.42. The average Bonchev–Trinajstić information content (AvgIpc) is 1.89. The van der Waals surface area contributed by atoms with E-state index in [2.05, 4.69) is 0 Å². The summed E-state index contributed by atoms with van der Waals surface area (Å²) in [6, 6.07) is 0.333. The van der Waals surface area contributed by atoms with Crippen LogP contribution in [-0.2, 0) is 9.59 Å². The van der Waals surface area contributed by atoms with Crippen molar-refractivity contribution in [1.82, 2.24) is 0 Å². The van der Waals surface area contributed by atoms with Crippen LogP contribution in [0.3, 0.4) is 0 Å². The van der Waals surface area contributed by atoms with Gasteiger partial charge < -0.3 is 15.9 Å². The molecule has 13 heavy (non-hydrogen) atoms. The molecule has 0 saturated heterocycles. The first-order valence-electron chi connectivity index (χ1n) is 3.76. The summed E-state index contributed by atoms with van der Waals surface area (Å²) in [5, 5.41) is 15.1. The van der Waals surface area contributed by atoms with Crippen molar-refractivity contribution < 1.29 is 19.8 Å². The number of nitrogens with two attached hydrogens (primary N) is 1. The number of rotatable bonds is 0. The van der Waals surface area contributed by atoms with Gasteiger partial charge in [0.25, 0.3) is 0 Å². The molecule has 0 aromatic rings. The molecule has 0 bridgehead atoms. The second kappa shape index (κ2) is 30.2. The summed E-state index contributed by atoms with van der Waals surface area (Å²) in [7, 11) is 1.00. The SMILES string of the molecule is CC(C)N.CC(C)O.CO.O=C=O. The van der Waals surface area contributed by atoms with Crippen molar-refractivity contribution in [2.75, 3.05) is 7.11 Å². The van der Waals surface area contributed by atoms with Gasteiger partial charge in [0.2, 0.25) is 0 Å². The minimum atomic E-state index is -0.167. The summed E-state index contributed by atoms with van der Waals surface area (Å²) in [6.45, 7) is 7.33. The molecule has 4 N–H and O–H groups in total. The largest absolute Gasteiger partial charge is 0.400 e. The van der Waals surface area contributed by atoms with Gasteiger partial charge in [-0.1, -0.05) is 13.8 Å². The van der Waals surface area contributed by atoms with Crippen molar-refractivity contribution in [3.63, 3.8) is 0 Å². The fourth-order valence-corrected chi connectivity index (χ4v) is 0. The average molecular weight is 195 g/mol. The molecule has 0 rings (SSSR count). The van der Waals surface area contributed by atoms with Gasteiger partial charge in [-0.25, -0.2) is 0 Å². The van der Waals surface area contributed by atoms with E-state index in [9.17, 15) is 0 Å². The molecule has 5 nitrogen and oxygen atoms in total. The molecule has 0 radical (unpaired) electrons. The highest BCUT2D eigenvalue weighted by molar-refractivity contribution is 5.20. The predicted molar refractivity (Wildman–Crippen MR) is 49.8 cm³/mol. The molecule has 0 aliphatic rings. The molecule has 0 atom stereocenters. The van der Waals surface area contributed by atoms with Crippen LogP contribution >= 0.6 is 0 Å². The number of hydrogen-bond acceptors (Lipinski definition) is 5. The lowest BCUT2D eigenvalue weighted by Crippen LogP contribution is -2.06. The van der Waals surface area contributed by atoms with Crippen LogP contribution in [0.25, 0.3) is 0 Å². The van der Waals surface area contributed by atoms with Gasteiger partial charge in [0.1, 0.15) is 0 Å². The van der Waals surface area contributed by atoms with E-state index in [1.54, 1.807) is 13.8 Å². The monoisotopic (exact) mass is 195 g/mol. The van der Waals surface area contributed by atoms with Crippen LogP contribution in [0.4, 0.5) is 0 Å². The molecule has 0 amide bonds. The van der Waals surface area contributed by atoms with Gasteiger partial charge in [-0.2, -0.15) is 9.59 Å². The van der Waals surface area contributed by atoms with E-state index in [-0.39, 0.29) is 12.3 Å². The highest BCUT2D eigenvalue weighted by Crippen LogP contribution is 1.65. The van der Waals surface area contributed by atoms with Crippen molar-refractivity contribution in [2.45, 2.75) is 39.8 Å². The fraction of sp³-hybridized carbons (Fsp3) is 0.875. The smallest absolute Gasteiger partial charge is 0.373 e. The fourth-order valence-electron chi connectivity index (χ4n) is 0. The number of aliphatic hydroxyl groups is 2. The molecule has 0 fully saturated rings. The van der Waals surface area contributed by atoms with E-state index in [1.807, 2.05) is 13.8 Å². The minimum absolute atomic E-state index is 0.167. The molecule has 0 unspecified atom stereocenters. The zero-order valence-electron chi connectivity index (χ0n) is 8.94. The second-order valence-corrected chi connectivity index (χ2v) is 2.42. The van der Waals surface area contributed by atoms with Crippen LogP contribution < -0.4 is 5.73 Å². The van der Waals surface area contributed by atoms with Gasteiger partial charge in [0.15, 0.2) is 0 Å².